The molecule has 0 aromatic rings. The van der Waals surface area contributed by atoms with Crippen molar-refractivity contribution in [1.82, 2.24) is 0 Å². The quantitative estimate of drug-likeness (QED) is 0.0222. The van der Waals surface area contributed by atoms with Gasteiger partial charge >= 0.3 is 39.5 Å². The zero-order chi connectivity index (χ0) is 67.5. The minimum Gasteiger partial charge on any atom is -0.462 e. The predicted octanol–water partition coefficient (Wildman–Crippen LogP) is 20.5. The average Bonchev–Trinajstić information content (AvgIpc) is 2.82. The van der Waals surface area contributed by atoms with Crippen LogP contribution in [0.3, 0.4) is 0 Å². The number of rotatable bonds is 69. The number of hydrogen-bond donors (Lipinski definition) is 3. The van der Waals surface area contributed by atoms with Crippen molar-refractivity contribution in [2.75, 3.05) is 39.6 Å². The van der Waals surface area contributed by atoms with E-state index in [4.69, 9.17) is 37.0 Å². The van der Waals surface area contributed by atoms with Crippen LogP contribution in [0.5, 0.6) is 0 Å². The normalized spacial score (nSPS) is 14.8. The topological polar surface area (TPSA) is 237 Å². The largest absolute Gasteiger partial charge is 0.472 e. The van der Waals surface area contributed by atoms with Gasteiger partial charge in [-0.05, 0) is 49.4 Å². The maximum Gasteiger partial charge on any atom is 0.472 e. The van der Waals surface area contributed by atoms with Crippen LogP contribution in [-0.2, 0) is 65.4 Å². The number of unbranched alkanes of at least 4 members (excludes halogenated alkanes) is 33. The van der Waals surface area contributed by atoms with Crippen LogP contribution < -0.4 is 0 Å². The molecule has 0 radical (unpaired) electrons. The molecule has 7 atom stereocenters. The third kappa shape index (κ3) is 63.9. The summed E-state index contributed by atoms with van der Waals surface area (Å²) in [7, 11) is -9.91. The van der Waals surface area contributed by atoms with Gasteiger partial charge < -0.3 is 33.8 Å². The average molecular weight is 1340 g/mol. The first-order chi connectivity index (χ1) is 43.7. The molecule has 91 heavy (non-hydrogen) atoms. The molecule has 540 valence electrons. The lowest BCUT2D eigenvalue weighted by Crippen LogP contribution is -2.30. The van der Waals surface area contributed by atoms with Crippen LogP contribution in [0.4, 0.5) is 0 Å². The van der Waals surface area contributed by atoms with E-state index >= 15 is 0 Å². The Labute approximate surface area is 556 Å². The van der Waals surface area contributed by atoms with Crippen LogP contribution in [-0.4, -0.2) is 96.7 Å². The lowest BCUT2D eigenvalue weighted by Gasteiger charge is -2.21. The van der Waals surface area contributed by atoms with Crippen molar-refractivity contribution in [2.45, 2.75) is 375 Å². The third-order valence-corrected chi connectivity index (χ3v) is 19.2. The minimum absolute atomic E-state index is 0.104. The molecule has 17 nitrogen and oxygen atoms in total. The van der Waals surface area contributed by atoms with Gasteiger partial charge in [0.1, 0.15) is 19.3 Å². The van der Waals surface area contributed by atoms with Gasteiger partial charge in [-0.2, -0.15) is 0 Å². The molecule has 0 aromatic heterocycles. The zero-order valence-corrected chi connectivity index (χ0v) is 61.3. The highest BCUT2D eigenvalue weighted by molar-refractivity contribution is 7.47. The highest BCUT2D eigenvalue weighted by Crippen LogP contribution is 2.45. The summed E-state index contributed by atoms with van der Waals surface area (Å²) in [6.45, 7) is 14.1. The summed E-state index contributed by atoms with van der Waals surface area (Å²) in [5, 5.41) is 10.6. The number of aliphatic hydroxyl groups excluding tert-OH is 1. The van der Waals surface area contributed by atoms with Crippen LogP contribution >= 0.6 is 15.6 Å². The van der Waals surface area contributed by atoms with E-state index in [1.54, 1.807) is 0 Å². The molecule has 0 aromatic carbocycles. The number of phosphoric acid groups is 2. The van der Waals surface area contributed by atoms with E-state index in [1.165, 1.54) is 154 Å². The van der Waals surface area contributed by atoms with E-state index in [2.05, 4.69) is 55.4 Å². The molecule has 0 spiro atoms. The van der Waals surface area contributed by atoms with Crippen LogP contribution in [0.25, 0.3) is 0 Å². The minimum atomic E-state index is -4.95. The Bertz CT molecular complexity index is 1800. The first-order valence-electron chi connectivity index (χ1n) is 37.3. The standard InChI is InChI=1S/C72H140O17P2/c1-9-64(7)50-42-34-26-20-15-17-23-29-39-47-55-72(77)88-67(58-82-69(74)52-44-36-27-21-13-11-12-18-24-32-40-48-62(3)4)60-86-90(78,79)84-56-66(73)57-85-91(80,81)87-61-68(59-83-70(75)53-45-37-31-30-35-43-51-65(8)10-2)89-71(76)54-46-38-28-22-16-14-19-25-33-41-49-63(5)6/h62-68,73H,9-61H2,1-8H3,(H,78,79)(H,80,81)/t64?,65?,66-,67-,68-/m1/s1. The monoisotopic (exact) mass is 1340 g/mol. The van der Waals surface area contributed by atoms with Crippen molar-refractivity contribution >= 4 is 39.5 Å². The van der Waals surface area contributed by atoms with E-state index in [9.17, 15) is 43.2 Å². The number of phosphoric ester groups is 2. The van der Waals surface area contributed by atoms with Gasteiger partial charge in [-0.25, -0.2) is 9.13 Å². The van der Waals surface area contributed by atoms with Gasteiger partial charge in [0, 0.05) is 25.7 Å². The van der Waals surface area contributed by atoms with Gasteiger partial charge in [-0.15, -0.1) is 0 Å². The summed E-state index contributed by atoms with van der Waals surface area (Å²) in [4.78, 5) is 72.7. The van der Waals surface area contributed by atoms with E-state index < -0.39 is 97.5 Å². The smallest absolute Gasteiger partial charge is 0.462 e. The number of carbonyl (C=O) groups is 4. The first-order valence-corrected chi connectivity index (χ1v) is 40.3. The predicted molar refractivity (Wildman–Crippen MR) is 367 cm³/mol. The Kier molecular flexibility index (Phi) is 60.3. The fourth-order valence-electron chi connectivity index (χ4n) is 10.8. The fourth-order valence-corrected chi connectivity index (χ4v) is 12.4. The van der Waals surface area contributed by atoms with Crippen molar-refractivity contribution in [1.29, 1.82) is 0 Å². The van der Waals surface area contributed by atoms with Crippen molar-refractivity contribution in [2.24, 2.45) is 23.7 Å². The van der Waals surface area contributed by atoms with E-state index in [0.29, 0.717) is 25.7 Å². The van der Waals surface area contributed by atoms with Crippen molar-refractivity contribution in [3.8, 4) is 0 Å². The Morgan fingerprint density at radius 1 is 0.308 bits per heavy atom. The second kappa shape index (κ2) is 61.6. The Morgan fingerprint density at radius 3 is 0.780 bits per heavy atom. The molecule has 0 aliphatic rings. The molecule has 0 saturated carbocycles. The van der Waals surface area contributed by atoms with Gasteiger partial charge in [0.05, 0.1) is 26.4 Å². The first kappa shape index (κ1) is 89.1. The molecule has 0 amide bonds. The molecule has 0 heterocycles. The van der Waals surface area contributed by atoms with Crippen molar-refractivity contribution in [3.05, 3.63) is 0 Å². The van der Waals surface area contributed by atoms with Gasteiger partial charge in [0.2, 0.25) is 0 Å². The summed E-state index contributed by atoms with van der Waals surface area (Å²) in [6, 6.07) is 0. The van der Waals surface area contributed by atoms with E-state index in [-0.39, 0.29) is 25.7 Å². The van der Waals surface area contributed by atoms with E-state index in [1.807, 2.05) is 0 Å². The second-order valence-electron chi connectivity index (χ2n) is 27.4. The highest BCUT2D eigenvalue weighted by atomic mass is 31.2. The molecule has 19 heteroatoms. The molecular weight excluding hydrogens is 1200 g/mol. The zero-order valence-electron chi connectivity index (χ0n) is 59.5. The van der Waals surface area contributed by atoms with Gasteiger partial charge in [0.25, 0.3) is 0 Å². The molecule has 0 rings (SSSR count). The molecule has 0 bridgehead atoms. The van der Waals surface area contributed by atoms with Crippen molar-refractivity contribution < 1.29 is 80.2 Å². The van der Waals surface area contributed by atoms with Gasteiger partial charge in [0.15, 0.2) is 12.2 Å². The molecule has 0 aliphatic carbocycles. The van der Waals surface area contributed by atoms with Crippen LogP contribution in [0, 0.1) is 23.7 Å². The molecule has 0 fully saturated rings. The highest BCUT2D eigenvalue weighted by Gasteiger charge is 2.30. The summed E-state index contributed by atoms with van der Waals surface area (Å²) >= 11 is 0. The summed E-state index contributed by atoms with van der Waals surface area (Å²) in [6.07, 6.45) is 44.3. The molecule has 3 N–H and O–H groups in total. The second-order valence-corrected chi connectivity index (χ2v) is 30.3. The number of aliphatic hydroxyl groups is 1. The van der Waals surface area contributed by atoms with E-state index in [0.717, 1.165) is 120 Å². The molecule has 0 saturated heterocycles. The molecule has 0 aliphatic heterocycles. The Hall–Kier alpha value is -1.94. The van der Waals surface area contributed by atoms with Crippen LogP contribution in [0.2, 0.25) is 0 Å². The Balaban J connectivity index is 5.27. The maximum absolute atomic E-state index is 13.0. The van der Waals surface area contributed by atoms with Gasteiger partial charge in [-0.3, -0.25) is 37.3 Å². The third-order valence-electron chi connectivity index (χ3n) is 17.3. The van der Waals surface area contributed by atoms with Crippen LogP contribution in [0.1, 0.15) is 357 Å². The summed E-state index contributed by atoms with van der Waals surface area (Å²) in [5.74, 6) is 0.930. The van der Waals surface area contributed by atoms with Crippen molar-refractivity contribution in [3.63, 3.8) is 0 Å². The van der Waals surface area contributed by atoms with Gasteiger partial charge in [-0.1, -0.05) is 306 Å². The lowest BCUT2D eigenvalue weighted by molar-refractivity contribution is -0.161. The number of ether oxygens (including phenoxy) is 4. The number of carbonyl (C=O) groups excluding carboxylic acids is 4. The SMILES string of the molecule is CCC(C)CCCCCCCCCCCCC(=O)O[C@H](COC(=O)CCCCCCCCCCCCCC(C)C)COP(=O)(O)OC[C@@H](O)COP(=O)(O)OC[C@@H](COC(=O)CCCCCCCCC(C)CC)OC(=O)CCCCCCCCCCCCC(C)C. The summed E-state index contributed by atoms with van der Waals surface area (Å²) in [5.41, 5.74) is 0. The number of esters is 4. The maximum atomic E-state index is 13.0. The Morgan fingerprint density at radius 2 is 0.527 bits per heavy atom. The molecular formula is C72H140O17P2. The molecule has 4 unspecified atom stereocenters. The number of hydrogen-bond acceptors (Lipinski definition) is 15. The lowest BCUT2D eigenvalue weighted by atomic mass is 9.99. The fraction of sp³-hybridized carbons (Fsp3) is 0.944. The van der Waals surface area contributed by atoms with Crippen LogP contribution in [0.15, 0.2) is 0 Å². The summed E-state index contributed by atoms with van der Waals surface area (Å²) < 4.78 is 68.4.